The summed E-state index contributed by atoms with van der Waals surface area (Å²) in [7, 11) is 0. The van der Waals surface area contributed by atoms with E-state index in [4.69, 9.17) is 0 Å². The molecule has 0 spiro atoms. The molecule has 0 unspecified atom stereocenters. The number of rotatable bonds is 3. The molecule has 1 heterocycles. The molecule has 1 N–H and O–H groups in total. The minimum atomic E-state index is -0.0685. The minimum Gasteiger partial charge on any atom is -0.346 e. The van der Waals surface area contributed by atoms with Gasteiger partial charge in [0.15, 0.2) is 0 Å². The number of amides is 1. The maximum atomic E-state index is 12.5. The Kier molecular flexibility index (Phi) is 3.74. The standard InChI is InChI=1S/C16H17BrN2O/c17-11-16(7-1-2-8-16)19-15(20)13-5-6-14-12(10-13)4-3-9-18-14/h3-6,9-10H,1-2,7-8,11H2,(H,19,20). The summed E-state index contributed by atoms with van der Waals surface area (Å²) in [4.78, 5) is 16.7. The van der Waals surface area contributed by atoms with Crippen LogP contribution in [0.4, 0.5) is 0 Å². The molecule has 0 bridgehead atoms. The Labute approximate surface area is 126 Å². The third kappa shape index (κ3) is 2.57. The highest BCUT2D eigenvalue weighted by atomic mass is 79.9. The van der Waals surface area contributed by atoms with Crippen molar-refractivity contribution in [2.75, 3.05) is 5.33 Å². The van der Waals surface area contributed by atoms with Gasteiger partial charge in [-0.3, -0.25) is 9.78 Å². The van der Waals surface area contributed by atoms with Crippen molar-refractivity contribution in [2.24, 2.45) is 0 Å². The van der Waals surface area contributed by atoms with E-state index in [2.05, 4.69) is 26.2 Å². The Bertz CT molecular complexity index is 635. The highest BCUT2D eigenvalue weighted by Gasteiger charge is 2.34. The van der Waals surface area contributed by atoms with E-state index < -0.39 is 0 Å². The second-order valence-corrected chi connectivity index (χ2v) is 6.05. The number of hydrogen-bond acceptors (Lipinski definition) is 2. The lowest BCUT2D eigenvalue weighted by molar-refractivity contribution is 0.0910. The number of nitrogens with zero attached hydrogens (tertiary/aromatic N) is 1. The maximum Gasteiger partial charge on any atom is 0.251 e. The Morgan fingerprint density at radius 2 is 2.10 bits per heavy atom. The Morgan fingerprint density at radius 1 is 1.30 bits per heavy atom. The van der Waals surface area contributed by atoms with Gasteiger partial charge in [0.25, 0.3) is 5.91 Å². The average molecular weight is 333 g/mol. The quantitative estimate of drug-likeness (QED) is 0.871. The lowest BCUT2D eigenvalue weighted by atomic mass is 9.99. The van der Waals surface area contributed by atoms with E-state index in [-0.39, 0.29) is 11.4 Å². The van der Waals surface area contributed by atoms with Crippen LogP contribution in [0.15, 0.2) is 36.5 Å². The Balaban J connectivity index is 1.85. The first-order valence-electron chi connectivity index (χ1n) is 6.96. The molecule has 1 aliphatic rings. The average Bonchev–Trinajstić information content (AvgIpc) is 2.96. The summed E-state index contributed by atoms with van der Waals surface area (Å²) in [6.45, 7) is 0. The molecule has 1 aromatic carbocycles. The van der Waals surface area contributed by atoms with Crippen LogP contribution in [0.5, 0.6) is 0 Å². The summed E-state index contributed by atoms with van der Waals surface area (Å²) >= 11 is 3.55. The molecule has 1 fully saturated rings. The predicted molar refractivity (Wildman–Crippen MR) is 84.2 cm³/mol. The second-order valence-electron chi connectivity index (χ2n) is 5.49. The van der Waals surface area contributed by atoms with Crippen molar-refractivity contribution in [2.45, 2.75) is 31.2 Å². The van der Waals surface area contributed by atoms with Gasteiger partial charge in [0.05, 0.1) is 11.1 Å². The van der Waals surface area contributed by atoms with Crippen LogP contribution in [-0.4, -0.2) is 21.8 Å². The molecule has 1 aromatic heterocycles. The Morgan fingerprint density at radius 3 is 2.85 bits per heavy atom. The van der Waals surface area contributed by atoms with E-state index in [9.17, 15) is 4.79 Å². The highest BCUT2D eigenvalue weighted by Crippen LogP contribution is 2.31. The molecule has 1 amide bonds. The van der Waals surface area contributed by atoms with Gasteiger partial charge in [0.1, 0.15) is 0 Å². The van der Waals surface area contributed by atoms with Crippen molar-refractivity contribution in [1.82, 2.24) is 10.3 Å². The van der Waals surface area contributed by atoms with Gasteiger partial charge in [-0.2, -0.15) is 0 Å². The summed E-state index contributed by atoms with van der Waals surface area (Å²) in [6.07, 6.45) is 6.25. The number of benzene rings is 1. The summed E-state index contributed by atoms with van der Waals surface area (Å²) in [5.41, 5.74) is 1.55. The fraction of sp³-hybridized carbons (Fsp3) is 0.375. The molecule has 1 saturated carbocycles. The van der Waals surface area contributed by atoms with Crippen LogP contribution in [0.25, 0.3) is 10.9 Å². The van der Waals surface area contributed by atoms with Crippen LogP contribution in [-0.2, 0) is 0 Å². The third-order valence-corrected chi connectivity index (χ3v) is 5.13. The molecule has 0 atom stereocenters. The number of carbonyl (C=O) groups is 1. The first kappa shape index (κ1) is 13.6. The molecule has 3 rings (SSSR count). The zero-order valence-corrected chi connectivity index (χ0v) is 12.8. The van der Waals surface area contributed by atoms with Crippen LogP contribution in [0.1, 0.15) is 36.0 Å². The van der Waals surface area contributed by atoms with Crippen molar-refractivity contribution < 1.29 is 4.79 Å². The number of aromatic nitrogens is 1. The zero-order chi connectivity index (χ0) is 14.0. The Hall–Kier alpha value is -1.42. The zero-order valence-electron chi connectivity index (χ0n) is 11.2. The topological polar surface area (TPSA) is 42.0 Å². The molecular weight excluding hydrogens is 316 g/mol. The van der Waals surface area contributed by atoms with Crippen molar-refractivity contribution in [1.29, 1.82) is 0 Å². The number of fused-ring (bicyclic) bond motifs is 1. The van der Waals surface area contributed by atoms with Gasteiger partial charge in [0, 0.05) is 22.5 Å². The molecular formula is C16H17BrN2O. The number of pyridine rings is 1. The number of carbonyl (C=O) groups excluding carboxylic acids is 1. The van der Waals surface area contributed by atoms with Gasteiger partial charge in [-0.15, -0.1) is 0 Å². The first-order valence-corrected chi connectivity index (χ1v) is 8.08. The minimum absolute atomic E-state index is 0.0112. The number of alkyl halides is 1. The van der Waals surface area contributed by atoms with Gasteiger partial charge < -0.3 is 5.32 Å². The smallest absolute Gasteiger partial charge is 0.251 e. The second kappa shape index (κ2) is 5.52. The molecule has 0 aliphatic heterocycles. The number of hydrogen-bond donors (Lipinski definition) is 1. The molecule has 104 valence electrons. The maximum absolute atomic E-state index is 12.5. The summed E-state index contributed by atoms with van der Waals surface area (Å²) in [5, 5.41) is 5.04. The van der Waals surface area contributed by atoms with Crippen LogP contribution >= 0.6 is 15.9 Å². The molecule has 4 heteroatoms. The van der Waals surface area contributed by atoms with Gasteiger partial charge in [-0.25, -0.2) is 0 Å². The van der Waals surface area contributed by atoms with Crippen molar-refractivity contribution in [3.63, 3.8) is 0 Å². The van der Waals surface area contributed by atoms with E-state index >= 15 is 0 Å². The van der Waals surface area contributed by atoms with Gasteiger partial charge in [-0.05, 0) is 37.1 Å². The van der Waals surface area contributed by atoms with E-state index in [1.54, 1.807) is 6.20 Å². The monoisotopic (exact) mass is 332 g/mol. The van der Waals surface area contributed by atoms with Gasteiger partial charge >= 0.3 is 0 Å². The fourth-order valence-electron chi connectivity index (χ4n) is 2.87. The molecule has 1 aliphatic carbocycles. The molecule has 20 heavy (non-hydrogen) atoms. The normalized spacial score (nSPS) is 17.2. The van der Waals surface area contributed by atoms with Crippen LogP contribution in [0, 0.1) is 0 Å². The van der Waals surface area contributed by atoms with Gasteiger partial charge in [-0.1, -0.05) is 34.8 Å². The van der Waals surface area contributed by atoms with Crippen LogP contribution < -0.4 is 5.32 Å². The third-order valence-electron chi connectivity index (χ3n) is 4.06. The van der Waals surface area contributed by atoms with Crippen LogP contribution in [0.2, 0.25) is 0 Å². The van der Waals surface area contributed by atoms with Crippen molar-refractivity contribution in [3.8, 4) is 0 Å². The van der Waals surface area contributed by atoms with Gasteiger partial charge in [0.2, 0.25) is 0 Å². The largest absolute Gasteiger partial charge is 0.346 e. The van der Waals surface area contributed by atoms with E-state index in [0.29, 0.717) is 5.56 Å². The molecule has 3 nitrogen and oxygen atoms in total. The predicted octanol–water partition coefficient (Wildman–Crippen LogP) is 3.67. The van der Waals surface area contributed by atoms with Crippen molar-refractivity contribution in [3.05, 3.63) is 42.1 Å². The SMILES string of the molecule is O=C(NC1(CBr)CCCC1)c1ccc2ncccc2c1. The van der Waals surface area contributed by atoms with Crippen LogP contribution in [0.3, 0.4) is 0 Å². The summed E-state index contributed by atoms with van der Waals surface area (Å²) < 4.78 is 0. The lowest BCUT2D eigenvalue weighted by Crippen LogP contribution is -2.47. The summed E-state index contributed by atoms with van der Waals surface area (Å²) in [5.74, 6) is 0.0112. The molecule has 0 radical (unpaired) electrons. The number of nitrogens with one attached hydrogen (secondary N) is 1. The lowest BCUT2D eigenvalue weighted by Gasteiger charge is -2.28. The molecule has 0 saturated heterocycles. The summed E-state index contributed by atoms with van der Waals surface area (Å²) in [6, 6.07) is 9.53. The van der Waals surface area contributed by atoms with E-state index in [1.165, 1.54) is 12.8 Å². The first-order chi connectivity index (χ1) is 9.72. The fourth-order valence-corrected chi connectivity index (χ4v) is 3.57. The highest BCUT2D eigenvalue weighted by molar-refractivity contribution is 9.09. The van der Waals surface area contributed by atoms with E-state index in [1.807, 2.05) is 30.3 Å². The van der Waals surface area contributed by atoms with Crippen molar-refractivity contribution >= 4 is 32.7 Å². The van der Waals surface area contributed by atoms with E-state index in [0.717, 1.165) is 29.1 Å². The number of halogens is 1. The molecule has 2 aromatic rings.